The fraction of sp³-hybridized carbons (Fsp3) is 0.174. The molecule has 3 aromatic carbocycles. The van der Waals surface area contributed by atoms with Crippen LogP contribution in [0.1, 0.15) is 23.0 Å². The highest BCUT2D eigenvalue weighted by Crippen LogP contribution is 2.32. The number of hydrogen-bond donors (Lipinski definition) is 1. The molecule has 0 saturated carbocycles. The molecule has 26 heavy (non-hydrogen) atoms. The highest BCUT2D eigenvalue weighted by atomic mass is 15.1. The van der Waals surface area contributed by atoms with Crippen LogP contribution >= 0.6 is 0 Å². The second-order valence-corrected chi connectivity index (χ2v) is 6.46. The molecule has 0 amide bonds. The van der Waals surface area contributed by atoms with Crippen molar-refractivity contribution in [3.8, 4) is 0 Å². The van der Waals surface area contributed by atoms with Crippen molar-refractivity contribution in [3.05, 3.63) is 102 Å². The van der Waals surface area contributed by atoms with Crippen LogP contribution in [0.4, 0.5) is 0 Å². The first-order valence-corrected chi connectivity index (χ1v) is 9.09. The lowest BCUT2D eigenvalue weighted by Gasteiger charge is -2.23. The Kier molecular flexibility index (Phi) is 4.80. The zero-order valence-corrected chi connectivity index (χ0v) is 15.0. The summed E-state index contributed by atoms with van der Waals surface area (Å²) in [7, 11) is 1.98. The van der Waals surface area contributed by atoms with E-state index in [4.69, 9.17) is 4.98 Å². The number of hydrogen-bond acceptors (Lipinski definition) is 2. The lowest BCUT2D eigenvalue weighted by molar-refractivity contribution is 0.634. The smallest absolute Gasteiger partial charge is 0.111 e. The first-order valence-electron chi connectivity index (χ1n) is 9.09. The minimum absolute atomic E-state index is 0.108. The summed E-state index contributed by atoms with van der Waals surface area (Å²) in [5.74, 6) is 1.11. The fourth-order valence-electron chi connectivity index (χ4n) is 3.56. The zero-order chi connectivity index (χ0) is 17.8. The van der Waals surface area contributed by atoms with Crippen LogP contribution in [0.5, 0.6) is 0 Å². The number of likely N-dealkylation sites (N-methyl/N-ethyl adjacent to an activating group) is 1. The number of nitrogens with zero attached hydrogens (tertiary/aromatic N) is 2. The van der Waals surface area contributed by atoms with Crippen molar-refractivity contribution < 1.29 is 0 Å². The van der Waals surface area contributed by atoms with Crippen LogP contribution in [-0.2, 0) is 6.42 Å². The molecular weight excluding hydrogens is 318 g/mol. The molecular formula is C23H23N3. The lowest BCUT2D eigenvalue weighted by Crippen LogP contribution is -2.19. The van der Waals surface area contributed by atoms with Crippen molar-refractivity contribution in [1.29, 1.82) is 0 Å². The minimum Gasteiger partial charge on any atom is -0.319 e. The molecule has 0 atom stereocenters. The van der Waals surface area contributed by atoms with Gasteiger partial charge in [0, 0.05) is 13.0 Å². The van der Waals surface area contributed by atoms with Gasteiger partial charge < -0.3 is 9.88 Å². The van der Waals surface area contributed by atoms with Crippen LogP contribution in [0.25, 0.3) is 11.0 Å². The van der Waals surface area contributed by atoms with Crippen LogP contribution in [0.15, 0.2) is 84.9 Å². The number of aromatic nitrogens is 2. The number of benzene rings is 3. The summed E-state index contributed by atoms with van der Waals surface area (Å²) < 4.78 is 2.40. The van der Waals surface area contributed by atoms with Gasteiger partial charge >= 0.3 is 0 Å². The van der Waals surface area contributed by atoms with E-state index in [1.807, 2.05) is 7.05 Å². The van der Waals surface area contributed by atoms with Crippen molar-refractivity contribution in [3.63, 3.8) is 0 Å². The summed E-state index contributed by atoms with van der Waals surface area (Å²) in [4.78, 5) is 4.95. The van der Waals surface area contributed by atoms with Crippen LogP contribution in [0.3, 0.4) is 0 Å². The van der Waals surface area contributed by atoms with Gasteiger partial charge in [-0.25, -0.2) is 4.98 Å². The first-order chi connectivity index (χ1) is 12.9. The van der Waals surface area contributed by atoms with E-state index in [9.17, 15) is 0 Å². The van der Waals surface area contributed by atoms with Crippen molar-refractivity contribution in [1.82, 2.24) is 14.9 Å². The highest BCUT2D eigenvalue weighted by molar-refractivity contribution is 5.76. The summed E-state index contributed by atoms with van der Waals surface area (Å²) in [5.41, 5.74) is 4.77. The van der Waals surface area contributed by atoms with Gasteiger partial charge in [0.25, 0.3) is 0 Å². The predicted octanol–water partition coefficient (Wildman–Crippen LogP) is 4.44. The van der Waals surface area contributed by atoms with Gasteiger partial charge in [-0.15, -0.1) is 0 Å². The molecule has 0 saturated heterocycles. The van der Waals surface area contributed by atoms with Gasteiger partial charge in [0.05, 0.1) is 17.1 Å². The SMILES string of the molecule is CNCCc1nc2ccccc2n1C(c1ccccc1)c1ccccc1. The minimum atomic E-state index is 0.108. The third-order valence-corrected chi connectivity index (χ3v) is 4.76. The maximum Gasteiger partial charge on any atom is 0.111 e. The topological polar surface area (TPSA) is 29.9 Å². The third kappa shape index (κ3) is 3.14. The molecule has 1 N–H and O–H groups in total. The van der Waals surface area contributed by atoms with Gasteiger partial charge in [0.2, 0.25) is 0 Å². The van der Waals surface area contributed by atoms with E-state index >= 15 is 0 Å². The van der Waals surface area contributed by atoms with Crippen molar-refractivity contribution in [2.45, 2.75) is 12.5 Å². The molecule has 0 aliphatic rings. The van der Waals surface area contributed by atoms with Crippen LogP contribution < -0.4 is 5.32 Å². The quantitative estimate of drug-likeness (QED) is 0.562. The molecule has 130 valence electrons. The van der Waals surface area contributed by atoms with Gasteiger partial charge in [-0.2, -0.15) is 0 Å². The standard InChI is InChI=1S/C23H23N3/c1-24-17-16-22-25-20-14-8-9-15-21(20)26(22)23(18-10-4-2-5-11-18)19-12-6-3-7-13-19/h2-15,23-24H,16-17H2,1H3. The van der Waals surface area contributed by atoms with Crippen LogP contribution in [0, 0.1) is 0 Å². The van der Waals surface area contributed by atoms with Crippen molar-refractivity contribution in [2.24, 2.45) is 0 Å². The van der Waals surface area contributed by atoms with Gasteiger partial charge in [0.15, 0.2) is 0 Å². The van der Waals surface area contributed by atoms with E-state index in [-0.39, 0.29) is 6.04 Å². The van der Waals surface area contributed by atoms with E-state index in [1.165, 1.54) is 16.6 Å². The molecule has 1 aromatic heterocycles. The summed E-state index contributed by atoms with van der Waals surface area (Å²) >= 11 is 0. The van der Waals surface area contributed by atoms with E-state index in [0.29, 0.717) is 0 Å². The second kappa shape index (κ2) is 7.54. The van der Waals surface area contributed by atoms with E-state index in [0.717, 1.165) is 24.3 Å². The Morgan fingerprint density at radius 2 is 1.38 bits per heavy atom. The van der Waals surface area contributed by atoms with Gasteiger partial charge in [0.1, 0.15) is 5.82 Å². The van der Waals surface area contributed by atoms with Gasteiger partial charge in [-0.1, -0.05) is 72.8 Å². The number of fused-ring (bicyclic) bond motifs is 1. The number of para-hydroxylation sites is 2. The molecule has 0 aliphatic heterocycles. The molecule has 0 spiro atoms. The maximum atomic E-state index is 4.95. The molecule has 0 bridgehead atoms. The fourth-order valence-corrected chi connectivity index (χ4v) is 3.56. The number of imidazole rings is 1. The van der Waals surface area contributed by atoms with Crippen LogP contribution in [-0.4, -0.2) is 23.1 Å². The van der Waals surface area contributed by atoms with E-state index in [1.54, 1.807) is 0 Å². The third-order valence-electron chi connectivity index (χ3n) is 4.76. The Balaban J connectivity index is 1.96. The molecule has 0 unspecified atom stereocenters. The molecule has 0 radical (unpaired) electrons. The van der Waals surface area contributed by atoms with Gasteiger partial charge in [-0.05, 0) is 30.3 Å². The molecule has 0 fully saturated rings. The van der Waals surface area contributed by atoms with Gasteiger partial charge in [-0.3, -0.25) is 0 Å². The first kappa shape index (κ1) is 16.6. The van der Waals surface area contributed by atoms with E-state index < -0.39 is 0 Å². The Bertz CT molecular complexity index is 935. The summed E-state index contributed by atoms with van der Waals surface area (Å²) in [6.07, 6.45) is 0.890. The zero-order valence-electron chi connectivity index (χ0n) is 15.0. The maximum absolute atomic E-state index is 4.95. The Labute approximate surface area is 154 Å². The predicted molar refractivity (Wildman–Crippen MR) is 107 cm³/mol. The monoisotopic (exact) mass is 341 g/mol. The molecule has 4 rings (SSSR count). The number of rotatable bonds is 6. The van der Waals surface area contributed by atoms with Crippen molar-refractivity contribution >= 4 is 11.0 Å². The molecule has 0 aliphatic carbocycles. The Morgan fingerprint density at radius 1 is 0.808 bits per heavy atom. The Morgan fingerprint density at radius 3 is 2.00 bits per heavy atom. The van der Waals surface area contributed by atoms with E-state index in [2.05, 4.69) is 94.8 Å². The highest BCUT2D eigenvalue weighted by Gasteiger charge is 2.22. The molecule has 4 aromatic rings. The average molecular weight is 341 g/mol. The Hall–Kier alpha value is -2.91. The lowest BCUT2D eigenvalue weighted by atomic mass is 9.98. The molecule has 1 heterocycles. The number of nitrogens with one attached hydrogen (secondary N) is 1. The summed E-state index contributed by atoms with van der Waals surface area (Å²) in [5, 5.41) is 3.25. The van der Waals surface area contributed by atoms with Crippen LogP contribution in [0.2, 0.25) is 0 Å². The average Bonchev–Trinajstić information content (AvgIpc) is 3.07. The largest absolute Gasteiger partial charge is 0.319 e. The molecule has 3 nitrogen and oxygen atoms in total. The molecule has 3 heteroatoms. The summed E-state index contributed by atoms with van der Waals surface area (Å²) in [6.45, 7) is 0.902. The van der Waals surface area contributed by atoms with Crippen molar-refractivity contribution in [2.75, 3.05) is 13.6 Å². The normalized spacial score (nSPS) is 11.3. The second-order valence-electron chi connectivity index (χ2n) is 6.46. The summed E-state index contributed by atoms with van der Waals surface area (Å²) in [6, 6.07) is 29.9.